The van der Waals surface area contributed by atoms with Crippen LogP contribution in [0.3, 0.4) is 0 Å². The van der Waals surface area contributed by atoms with Crippen molar-refractivity contribution in [3.05, 3.63) is 23.4 Å². The lowest BCUT2D eigenvalue weighted by Crippen LogP contribution is -2.44. The van der Waals surface area contributed by atoms with Crippen LogP contribution in [0.25, 0.3) is 0 Å². The number of anilines is 1. The summed E-state index contributed by atoms with van der Waals surface area (Å²) in [4.78, 5) is 30.8. The van der Waals surface area contributed by atoms with Crippen molar-refractivity contribution >= 4 is 17.9 Å². The third-order valence-electron chi connectivity index (χ3n) is 7.11. The molecular weight excluding hydrogens is 420 g/mol. The zero-order chi connectivity index (χ0) is 23.0. The van der Waals surface area contributed by atoms with E-state index in [4.69, 9.17) is 9.72 Å². The van der Waals surface area contributed by atoms with E-state index in [1.165, 1.54) is 31.2 Å². The number of hydrogen-bond donors (Lipinski definition) is 3. The van der Waals surface area contributed by atoms with E-state index in [9.17, 15) is 14.7 Å². The standard InChI is InChI=1S/C25H38N4O4/c30-24(31)22(28-25(32)33-17-18-5-3-6-18)13-16-29(21-11-12-21)15-2-1-8-20-10-9-19-7-4-14-26-23(19)27-20/h9-10,18,21-22H,1-8,11-17H2,(H,26,27)(H,28,32)(H,30,31). The number of carbonyl (C=O) groups is 2. The summed E-state index contributed by atoms with van der Waals surface area (Å²) in [6.45, 7) is 3.02. The second-order valence-electron chi connectivity index (χ2n) is 9.78. The summed E-state index contributed by atoms with van der Waals surface area (Å²) in [5, 5.41) is 15.5. The van der Waals surface area contributed by atoms with Gasteiger partial charge < -0.3 is 25.4 Å². The highest BCUT2D eigenvalue weighted by Gasteiger charge is 2.30. The number of aliphatic carboxylic acids is 1. The smallest absolute Gasteiger partial charge is 0.407 e. The molecule has 1 aromatic heterocycles. The Labute approximate surface area is 196 Å². The third kappa shape index (κ3) is 7.32. The molecule has 0 spiro atoms. The van der Waals surface area contributed by atoms with Crippen LogP contribution in [0.4, 0.5) is 10.6 Å². The Balaban J connectivity index is 1.17. The van der Waals surface area contributed by atoms with E-state index in [-0.39, 0.29) is 0 Å². The maximum atomic E-state index is 12.0. The second kappa shape index (κ2) is 11.7. The Bertz CT molecular complexity index is 810. The van der Waals surface area contributed by atoms with Gasteiger partial charge in [0.15, 0.2) is 0 Å². The lowest BCUT2D eigenvalue weighted by atomic mass is 9.86. The first-order valence-corrected chi connectivity index (χ1v) is 12.7. The summed E-state index contributed by atoms with van der Waals surface area (Å²) in [6, 6.07) is 4.00. The maximum Gasteiger partial charge on any atom is 0.407 e. The van der Waals surface area contributed by atoms with Crippen molar-refractivity contribution < 1.29 is 19.4 Å². The van der Waals surface area contributed by atoms with E-state index in [0.29, 0.717) is 31.5 Å². The Morgan fingerprint density at radius 3 is 2.76 bits per heavy atom. The van der Waals surface area contributed by atoms with Crippen molar-refractivity contribution in [3.63, 3.8) is 0 Å². The monoisotopic (exact) mass is 458 g/mol. The zero-order valence-corrected chi connectivity index (χ0v) is 19.6. The van der Waals surface area contributed by atoms with Gasteiger partial charge in [-0.1, -0.05) is 12.5 Å². The molecule has 2 fully saturated rings. The van der Waals surface area contributed by atoms with Gasteiger partial charge in [-0.2, -0.15) is 0 Å². The van der Waals surface area contributed by atoms with Gasteiger partial charge in [0.2, 0.25) is 0 Å². The average molecular weight is 459 g/mol. The molecular formula is C25H38N4O4. The number of carboxylic acid groups (broad SMARTS) is 1. The van der Waals surface area contributed by atoms with Gasteiger partial charge in [0.1, 0.15) is 11.9 Å². The van der Waals surface area contributed by atoms with Crippen LogP contribution in [-0.2, 0) is 22.4 Å². The number of nitrogens with one attached hydrogen (secondary N) is 2. The summed E-state index contributed by atoms with van der Waals surface area (Å²) in [6.07, 6.45) is 10.8. The van der Waals surface area contributed by atoms with Crippen molar-refractivity contribution in [2.45, 2.75) is 82.7 Å². The highest BCUT2D eigenvalue weighted by molar-refractivity contribution is 5.79. The number of pyridine rings is 1. The first-order chi connectivity index (χ1) is 16.1. The van der Waals surface area contributed by atoms with Gasteiger partial charge in [-0.25, -0.2) is 14.6 Å². The molecule has 3 aliphatic rings. The largest absolute Gasteiger partial charge is 0.480 e. The van der Waals surface area contributed by atoms with E-state index in [1.54, 1.807) is 0 Å². The van der Waals surface area contributed by atoms with Crippen molar-refractivity contribution in [2.75, 3.05) is 31.6 Å². The average Bonchev–Trinajstić information content (AvgIpc) is 3.61. The fourth-order valence-electron chi connectivity index (χ4n) is 4.63. The number of fused-ring (bicyclic) bond motifs is 1. The number of unbranched alkanes of at least 4 members (excludes halogenated alkanes) is 1. The number of carboxylic acids is 1. The lowest BCUT2D eigenvalue weighted by molar-refractivity contribution is -0.139. The predicted octanol–water partition coefficient (Wildman–Crippen LogP) is 3.60. The molecule has 0 aromatic carbocycles. The van der Waals surface area contributed by atoms with E-state index in [2.05, 4.69) is 27.7 Å². The molecule has 33 heavy (non-hydrogen) atoms. The van der Waals surface area contributed by atoms with Crippen molar-refractivity contribution in [3.8, 4) is 0 Å². The minimum Gasteiger partial charge on any atom is -0.480 e. The first-order valence-electron chi connectivity index (χ1n) is 12.7. The molecule has 1 amide bonds. The van der Waals surface area contributed by atoms with Crippen LogP contribution < -0.4 is 10.6 Å². The Morgan fingerprint density at radius 1 is 1.18 bits per heavy atom. The molecule has 8 heteroatoms. The summed E-state index contributed by atoms with van der Waals surface area (Å²) < 4.78 is 5.21. The zero-order valence-electron chi connectivity index (χ0n) is 19.6. The molecule has 182 valence electrons. The molecule has 2 saturated carbocycles. The van der Waals surface area contributed by atoms with Gasteiger partial charge >= 0.3 is 12.1 Å². The van der Waals surface area contributed by atoms with Crippen LogP contribution in [0.1, 0.15) is 69.0 Å². The van der Waals surface area contributed by atoms with Crippen LogP contribution >= 0.6 is 0 Å². The van der Waals surface area contributed by atoms with Crippen LogP contribution in [0.2, 0.25) is 0 Å². The number of rotatable bonds is 13. The fraction of sp³-hybridized carbons (Fsp3) is 0.720. The van der Waals surface area contributed by atoms with Gasteiger partial charge in [0, 0.05) is 24.8 Å². The number of aromatic nitrogens is 1. The normalized spacial score (nSPS) is 18.7. The Hall–Kier alpha value is -2.35. The molecule has 1 atom stereocenters. The van der Waals surface area contributed by atoms with Crippen LogP contribution in [0.15, 0.2) is 12.1 Å². The minimum absolute atomic E-state index is 0.390. The lowest BCUT2D eigenvalue weighted by Gasteiger charge is -2.26. The number of ether oxygens (including phenoxy) is 1. The van der Waals surface area contributed by atoms with Gasteiger partial charge in [-0.15, -0.1) is 0 Å². The molecule has 0 radical (unpaired) electrons. The topological polar surface area (TPSA) is 104 Å². The number of amides is 1. The van der Waals surface area contributed by atoms with Crippen LogP contribution in [-0.4, -0.2) is 65.4 Å². The second-order valence-corrected chi connectivity index (χ2v) is 9.78. The Morgan fingerprint density at radius 2 is 2.03 bits per heavy atom. The van der Waals surface area contributed by atoms with Crippen LogP contribution in [0.5, 0.6) is 0 Å². The number of alkyl carbamates (subject to hydrolysis) is 1. The van der Waals surface area contributed by atoms with Crippen LogP contribution in [0, 0.1) is 5.92 Å². The van der Waals surface area contributed by atoms with Gasteiger partial charge in [0.05, 0.1) is 6.61 Å². The van der Waals surface area contributed by atoms with Gasteiger partial charge in [0.25, 0.3) is 0 Å². The third-order valence-corrected chi connectivity index (χ3v) is 7.11. The molecule has 3 N–H and O–H groups in total. The van der Waals surface area contributed by atoms with Crippen molar-refractivity contribution in [1.82, 2.24) is 15.2 Å². The van der Waals surface area contributed by atoms with Crippen molar-refractivity contribution in [1.29, 1.82) is 0 Å². The van der Waals surface area contributed by atoms with E-state index < -0.39 is 18.1 Å². The minimum atomic E-state index is -1.00. The Kier molecular flexibility index (Phi) is 8.42. The maximum absolute atomic E-state index is 12.0. The van der Waals surface area contributed by atoms with E-state index >= 15 is 0 Å². The highest BCUT2D eigenvalue weighted by atomic mass is 16.5. The SMILES string of the molecule is O=C(NC(CCN(CCCCc1ccc2c(n1)NCCC2)C1CC1)C(=O)O)OCC1CCC1. The van der Waals surface area contributed by atoms with Gasteiger partial charge in [-0.3, -0.25) is 0 Å². The molecule has 0 bridgehead atoms. The molecule has 2 heterocycles. The van der Waals surface area contributed by atoms with Crippen molar-refractivity contribution in [2.24, 2.45) is 5.92 Å². The molecule has 1 aliphatic heterocycles. The van der Waals surface area contributed by atoms with E-state index in [0.717, 1.165) is 63.1 Å². The molecule has 1 unspecified atom stereocenters. The molecule has 1 aromatic rings. The molecule has 8 nitrogen and oxygen atoms in total. The summed E-state index contributed by atoms with van der Waals surface area (Å²) in [5.41, 5.74) is 2.45. The summed E-state index contributed by atoms with van der Waals surface area (Å²) in [7, 11) is 0. The first kappa shape index (κ1) is 23.8. The fourth-order valence-corrected chi connectivity index (χ4v) is 4.63. The number of nitrogens with zero attached hydrogens (tertiary/aromatic N) is 2. The van der Waals surface area contributed by atoms with E-state index in [1.807, 2.05) is 0 Å². The summed E-state index contributed by atoms with van der Waals surface area (Å²) in [5.74, 6) is 0.493. The number of carbonyl (C=O) groups excluding carboxylic acids is 1. The number of aryl methyl sites for hydroxylation is 2. The number of hydrogen-bond acceptors (Lipinski definition) is 6. The predicted molar refractivity (Wildman–Crippen MR) is 126 cm³/mol. The summed E-state index contributed by atoms with van der Waals surface area (Å²) >= 11 is 0. The quantitative estimate of drug-likeness (QED) is 0.388. The molecule has 0 saturated heterocycles. The highest BCUT2D eigenvalue weighted by Crippen LogP contribution is 2.28. The molecule has 2 aliphatic carbocycles. The van der Waals surface area contributed by atoms with Gasteiger partial charge in [-0.05, 0) is 88.3 Å². The molecule has 4 rings (SSSR count).